The van der Waals surface area contributed by atoms with Crippen molar-refractivity contribution < 1.29 is 14.3 Å². The Morgan fingerprint density at radius 2 is 1.92 bits per heavy atom. The van der Waals surface area contributed by atoms with Gasteiger partial charge in [-0.05, 0) is 24.3 Å². The zero-order valence-electron chi connectivity index (χ0n) is 13.4. The van der Waals surface area contributed by atoms with Gasteiger partial charge in [-0.15, -0.1) is 0 Å². The molecule has 0 spiro atoms. The molecule has 4 aromatic rings. The van der Waals surface area contributed by atoms with Gasteiger partial charge in [-0.2, -0.15) is 0 Å². The highest BCUT2D eigenvalue weighted by Gasteiger charge is 2.22. The number of benzene rings is 2. The summed E-state index contributed by atoms with van der Waals surface area (Å²) in [5.74, 6) is 1.10. The zero-order valence-corrected chi connectivity index (χ0v) is 13.4. The molecular formula is C20H16N2O3. The molecule has 1 N–H and O–H groups in total. The standard InChI is InChI=1S/C20H16N2O3/c23-12-16-13-24-20(22-16)19(14-5-2-1-3-6-14)25-17-8-9-18-15(11-17)7-4-10-21-18/h1-11,13,19,23H,12H2. The van der Waals surface area contributed by atoms with Crippen molar-refractivity contribution in [3.63, 3.8) is 0 Å². The van der Waals surface area contributed by atoms with Crippen molar-refractivity contribution >= 4 is 10.9 Å². The maximum atomic E-state index is 9.24. The van der Waals surface area contributed by atoms with Crippen LogP contribution in [0.5, 0.6) is 5.75 Å². The first-order valence-electron chi connectivity index (χ1n) is 7.95. The molecule has 0 aliphatic carbocycles. The van der Waals surface area contributed by atoms with Gasteiger partial charge in [0, 0.05) is 17.1 Å². The summed E-state index contributed by atoms with van der Waals surface area (Å²) in [6.07, 6.45) is 2.70. The molecule has 1 atom stereocenters. The molecule has 124 valence electrons. The van der Waals surface area contributed by atoms with Crippen molar-refractivity contribution in [1.29, 1.82) is 0 Å². The first-order valence-corrected chi connectivity index (χ1v) is 7.95. The SMILES string of the molecule is OCc1coc(C(Oc2ccc3ncccc3c2)c2ccccc2)n1. The molecular weight excluding hydrogens is 316 g/mol. The fourth-order valence-corrected chi connectivity index (χ4v) is 2.67. The Labute approximate surface area is 144 Å². The van der Waals surface area contributed by atoms with Gasteiger partial charge in [0.1, 0.15) is 17.7 Å². The van der Waals surface area contributed by atoms with E-state index in [0.29, 0.717) is 17.3 Å². The fourth-order valence-electron chi connectivity index (χ4n) is 2.67. The van der Waals surface area contributed by atoms with E-state index < -0.39 is 6.10 Å². The number of pyridine rings is 1. The van der Waals surface area contributed by atoms with Gasteiger partial charge >= 0.3 is 0 Å². The van der Waals surface area contributed by atoms with Crippen LogP contribution >= 0.6 is 0 Å². The van der Waals surface area contributed by atoms with Gasteiger partial charge in [-0.25, -0.2) is 4.98 Å². The Bertz CT molecular complexity index is 982. The average Bonchev–Trinajstić information content (AvgIpc) is 3.15. The fraction of sp³-hybridized carbons (Fsp3) is 0.100. The predicted molar refractivity (Wildman–Crippen MR) is 93.1 cm³/mol. The van der Waals surface area contributed by atoms with E-state index in [1.807, 2.05) is 60.7 Å². The lowest BCUT2D eigenvalue weighted by Crippen LogP contribution is -2.10. The first-order chi connectivity index (χ1) is 12.3. The summed E-state index contributed by atoms with van der Waals surface area (Å²) in [5, 5.41) is 10.2. The van der Waals surface area contributed by atoms with Crippen molar-refractivity contribution in [3.05, 3.63) is 90.3 Å². The lowest BCUT2D eigenvalue weighted by molar-refractivity contribution is 0.208. The lowest BCUT2D eigenvalue weighted by Gasteiger charge is -2.17. The van der Waals surface area contributed by atoms with Crippen LogP contribution in [0.15, 0.2) is 77.5 Å². The monoisotopic (exact) mass is 332 g/mol. The number of aliphatic hydroxyl groups excluding tert-OH is 1. The normalized spacial score (nSPS) is 12.2. The molecule has 0 fully saturated rings. The molecule has 0 bridgehead atoms. The molecule has 5 heteroatoms. The van der Waals surface area contributed by atoms with Gasteiger partial charge in [0.05, 0.1) is 12.1 Å². The number of hydrogen-bond acceptors (Lipinski definition) is 5. The van der Waals surface area contributed by atoms with Crippen LogP contribution in [0.3, 0.4) is 0 Å². The molecule has 5 nitrogen and oxygen atoms in total. The molecule has 0 amide bonds. The minimum absolute atomic E-state index is 0.174. The first kappa shape index (κ1) is 15.4. The number of nitrogens with zero attached hydrogens (tertiary/aromatic N) is 2. The molecule has 0 saturated carbocycles. The lowest BCUT2D eigenvalue weighted by atomic mass is 10.1. The van der Waals surface area contributed by atoms with E-state index in [9.17, 15) is 5.11 Å². The van der Waals surface area contributed by atoms with Crippen molar-refractivity contribution in [3.8, 4) is 5.75 Å². The Balaban J connectivity index is 1.72. The second-order valence-electron chi connectivity index (χ2n) is 5.60. The van der Waals surface area contributed by atoms with Crippen LogP contribution in [0.1, 0.15) is 23.3 Å². The molecule has 4 rings (SSSR count). The molecule has 2 aromatic carbocycles. The topological polar surface area (TPSA) is 68.4 Å². The second kappa shape index (κ2) is 6.75. The highest BCUT2D eigenvalue weighted by molar-refractivity contribution is 5.79. The number of oxazole rings is 1. The van der Waals surface area contributed by atoms with Crippen LogP contribution in [-0.4, -0.2) is 15.1 Å². The third-order valence-electron chi connectivity index (χ3n) is 3.89. The van der Waals surface area contributed by atoms with E-state index in [2.05, 4.69) is 9.97 Å². The van der Waals surface area contributed by atoms with Crippen molar-refractivity contribution in [1.82, 2.24) is 9.97 Å². The van der Waals surface area contributed by atoms with E-state index in [1.165, 1.54) is 6.26 Å². The van der Waals surface area contributed by atoms with Crippen molar-refractivity contribution in [2.24, 2.45) is 0 Å². The van der Waals surface area contributed by atoms with Gasteiger partial charge in [0.25, 0.3) is 0 Å². The van der Waals surface area contributed by atoms with Gasteiger partial charge in [-0.3, -0.25) is 4.98 Å². The minimum Gasteiger partial charge on any atom is -0.476 e. The summed E-state index contributed by atoms with van der Waals surface area (Å²) in [4.78, 5) is 8.63. The Kier molecular flexibility index (Phi) is 4.14. The van der Waals surface area contributed by atoms with Crippen LogP contribution in [0.4, 0.5) is 0 Å². The third kappa shape index (κ3) is 3.22. The van der Waals surface area contributed by atoms with E-state index in [4.69, 9.17) is 9.15 Å². The van der Waals surface area contributed by atoms with Crippen molar-refractivity contribution in [2.45, 2.75) is 12.7 Å². The maximum Gasteiger partial charge on any atom is 0.240 e. The average molecular weight is 332 g/mol. The predicted octanol–water partition coefficient (Wildman–Crippen LogP) is 3.88. The summed E-state index contributed by atoms with van der Waals surface area (Å²) in [5.41, 5.74) is 2.30. The third-order valence-corrected chi connectivity index (χ3v) is 3.89. The maximum absolute atomic E-state index is 9.24. The summed E-state index contributed by atoms with van der Waals surface area (Å²) in [6, 6.07) is 19.3. The molecule has 0 saturated heterocycles. The van der Waals surface area contributed by atoms with Crippen molar-refractivity contribution in [2.75, 3.05) is 0 Å². The number of hydrogen-bond donors (Lipinski definition) is 1. The number of aliphatic hydroxyl groups is 1. The molecule has 0 aliphatic rings. The Hall–Kier alpha value is -3.18. The summed E-state index contributed by atoms with van der Waals surface area (Å²) < 4.78 is 11.7. The zero-order chi connectivity index (χ0) is 17.1. The van der Waals surface area contributed by atoms with E-state index in [1.54, 1.807) is 6.20 Å². The van der Waals surface area contributed by atoms with Gasteiger partial charge in [0.2, 0.25) is 5.89 Å². The second-order valence-corrected chi connectivity index (χ2v) is 5.60. The number of ether oxygens (including phenoxy) is 1. The summed E-state index contributed by atoms with van der Waals surface area (Å²) in [7, 11) is 0. The molecule has 0 radical (unpaired) electrons. The largest absolute Gasteiger partial charge is 0.476 e. The van der Waals surface area contributed by atoms with Crippen LogP contribution < -0.4 is 4.74 Å². The van der Waals surface area contributed by atoms with Gasteiger partial charge < -0.3 is 14.3 Å². The van der Waals surface area contributed by atoms with Gasteiger partial charge in [0.15, 0.2) is 6.10 Å². The van der Waals surface area contributed by atoms with Crippen LogP contribution in [0.2, 0.25) is 0 Å². The molecule has 1 unspecified atom stereocenters. The number of fused-ring (bicyclic) bond motifs is 1. The number of rotatable bonds is 5. The van der Waals surface area contributed by atoms with E-state index in [-0.39, 0.29) is 6.61 Å². The highest BCUT2D eigenvalue weighted by Crippen LogP contribution is 2.29. The quantitative estimate of drug-likeness (QED) is 0.600. The smallest absolute Gasteiger partial charge is 0.240 e. The van der Waals surface area contributed by atoms with E-state index in [0.717, 1.165) is 16.5 Å². The minimum atomic E-state index is -0.504. The van der Waals surface area contributed by atoms with Crippen LogP contribution in [-0.2, 0) is 6.61 Å². The Morgan fingerprint density at radius 3 is 2.72 bits per heavy atom. The van der Waals surface area contributed by atoms with Crippen LogP contribution in [0, 0.1) is 0 Å². The van der Waals surface area contributed by atoms with Gasteiger partial charge in [-0.1, -0.05) is 36.4 Å². The van der Waals surface area contributed by atoms with Crippen LogP contribution in [0.25, 0.3) is 10.9 Å². The summed E-state index contributed by atoms with van der Waals surface area (Å²) in [6.45, 7) is -0.174. The number of aromatic nitrogens is 2. The molecule has 2 heterocycles. The Morgan fingerprint density at radius 1 is 1.04 bits per heavy atom. The van der Waals surface area contributed by atoms with E-state index >= 15 is 0 Å². The molecule has 0 aliphatic heterocycles. The molecule has 25 heavy (non-hydrogen) atoms. The molecule has 2 aromatic heterocycles. The summed E-state index contributed by atoms with van der Waals surface area (Å²) >= 11 is 0. The highest BCUT2D eigenvalue weighted by atomic mass is 16.5.